The van der Waals surface area contributed by atoms with Crippen LogP contribution in [0.15, 0.2) is 80.7 Å². The molecule has 2 aliphatic rings. The third kappa shape index (κ3) is 15.2. The Balaban J connectivity index is -0.000000564. The summed E-state index contributed by atoms with van der Waals surface area (Å²) in [4.78, 5) is 22.4. The number of allylic oxidation sites excluding steroid dienone is 1. The maximum atomic E-state index is 12.6. The molecule has 0 saturated heterocycles. The van der Waals surface area contributed by atoms with Gasteiger partial charge in [-0.3, -0.25) is 4.79 Å². The second kappa shape index (κ2) is 27.0. The van der Waals surface area contributed by atoms with E-state index in [1.165, 1.54) is 43.2 Å². The van der Waals surface area contributed by atoms with Crippen LogP contribution in [0.3, 0.4) is 0 Å². The summed E-state index contributed by atoms with van der Waals surface area (Å²) in [5.41, 5.74) is 5.05. The Hall–Kier alpha value is -3.60. The summed E-state index contributed by atoms with van der Waals surface area (Å²) in [5.74, 6) is 0.743. The predicted octanol–water partition coefficient (Wildman–Crippen LogP) is 10.4. The van der Waals surface area contributed by atoms with E-state index >= 15 is 0 Å². The van der Waals surface area contributed by atoms with Crippen LogP contribution < -0.4 is 10.1 Å². The van der Waals surface area contributed by atoms with Gasteiger partial charge in [0.15, 0.2) is 0 Å². The molecule has 5 nitrogen and oxygen atoms in total. The van der Waals surface area contributed by atoms with Crippen LogP contribution in [-0.2, 0) is 10.2 Å². The number of carbonyl (C=O) groups is 2. The summed E-state index contributed by atoms with van der Waals surface area (Å²) < 4.78 is 5.23. The zero-order chi connectivity index (χ0) is 34.7. The van der Waals surface area contributed by atoms with Gasteiger partial charge >= 0.3 is 0 Å². The SMILES string of the molecule is C=C.C=C1N(CCC)C(=O)c2cc(OC)ccc2C1(C)C.C=CNC1CCCCC1.C=O.CC.CC.Cc1ccc(C)cc1. The number of ether oxygens (including phenoxy) is 1. The molecule has 44 heavy (non-hydrogen) atoms. The van der Waals surface area contributed by atoms with Crippen molar-refractivity contribution in [2.45, 2.75) is 112 Å². The van der Waals surface area contributed by atoms with Crippen LogP contribution in [-0.4, -0.2) is 37.3 Å². The number of hydrogen-bond donors (Lipinski definition) is 1. The van der Waals surface area contributed by atoms with Crippen LogP contribution in [0.25, 0.3) is 0 Å². The number of fused-ring (bicyclic) bond motifs is 1. The molecule has 1 aliphatic carbocycles. The molecule has 1 aliphatic heterocycles. The van der Waals surface area contributed by atoms with E-state index in [1.54, 1.807) is 12.0 Å². The first kappa shape index (κ1) is 44.8. The van der Waals surface area contributed by atoms with E-state index in [9.17, 15) is 4.79 Å². The largest absolute Gasteiger partial charge is 0.497 e. The van der Waals surface area contributed by atoms with Crippen LogP contribution >= 0.6 is 0 Å². The van der Waals surface area contributed by atoms with Crippen LogP contribution in [0.5, 0.6) is 5.75 Å². The van der Waals surface area contributed by atoms with Crippen LogP contribution in [0.4, 0.5) is 0 Å². The maximum absolute atomic E-state index is 12.6. The molecule has 1 saturated carbocycles. The Labute approximate surface area is 271 Å². The molecule has 1 N–H and O–H groups in total. The average Bonchev–Trinajstić information content (AvgIpc) is 3.08. The minimum absolute atomic E-state index is 0.0278. The van der Waals surface area contributed by atoms with E-state index in [1.807, 2.05) is 58.9 Å². The van der Waals surface area contributed by atoms with Gasteiger partial charge in [0.05, 0.1) is 7.11 Å². The Kier molecular flexibility index (Phi) is 27.5. The van der Waals surface area contributed by atoms with Crippen molar-refractivity contribution in [2.75, 3.05) is 13.7 Å². The molecule has 1 amide bonds. The van der Waals surface area contributed by atoms with Gasteiger partial charge in [0, 0.05) is 29.3 Å². The van der Waals surface area contributed by atoms with Crippen molar-refractivity contribution < 1.29 is 14.3 Å². The van der Waals surface area contributed by atoms with Crippen molar-refractivity contribution in [1.82, 2.24) is 10.2 Å². The lowest BCUT2D eigenvalue weighted by atomic mass is 9.75. The molecule has 0 bridgehead atoms. The molecule has 5 heteroatoms. The minimum Gasteiger partial charge on any atom is -0.497 e. The lowest BCUT2D eigenvalue weighted by molar-refractivity contribution is -0.0980. The second-order valence-electron chi connectivity index (χ2n) is 10.3. The quantitative estimate of drug-likeness (QED) is 0.343. The van der Waals surface area contributed by atoms with Crippen LogP contribution in [0.1, 0.15) is 114 Å². The summed E-state index contributed by atoms with van der Waals surface area (Å²) >= 11 is 0. The fourth-order valence-electron chi connectivity index (χ4n) is 4.67. The van der Waals surface area contributed by atoms with E-state index in [-0.39, 0.29) is 11.3 Å². The van der Waals surface area contributed by atoms with Crippen molar-refractivity contribution in [3.05, 3.63) is 103 Å². The minimum atomic E-state index is -0.231. The summed E-state index contributed by atoms with van der Waals surface area (Å²) in [6.07, 6.45) is 9.63. The van der Waals surface area contributed by atoms with Gasteiger partial charge in [-0.1, -0.05) is 122 Å². The van der Waals surface area contributed by atoms with Crippen molar-refractivity contribution >= 4 is 12.7 Å². The Morgan fingerprint density at radius 1 is 0.932 bits per heavy atom. The number of amides is 1. The molecular weight excluding hydrogens is 544 g/mol. The molecule has 0 aromatic heterocycles. The number of benzene rings is 2. The first-order valence-electron chi connectivity index (χ1n) is 16.0. The molecular formula is C39H64N2O3. The zero-order valence-electron chi connectivity index (χ0n) is 29.9. The van der Waals surface area contributed by atoms with Gasteiger partial charge in [0.2, 0.25) is 0 Å². The van der Waals surface area contributed by atoms with E-state index in [4.69, 9.17) is 9.53 Å². The lowest BCUT2D eigenvalue weighted by Crippen LogP contribution is -2.44. The van der Waals surface area contributed by atoms with Crippen molar-refractivity contribution in [2.24, 2.45) is 0 Å². The Morgan fingerprint density at radius 2 is 1.41 bits per heavy atom. The number of carbonyl (C=O) groups excluding carboxylic acids is 2. The van der Waals surface area contributed by atoms with E-state index in [0.29, 0.717) is 12.3 Å². The van der Waals surface area contributed by atoms with Crippen LogP contribution in [0, 0.1) is 13.8 Å². The van der Waals surface area contributed by atoms with Crippen LogP contribution in [0.2, 0.25) is 0 Å². The molecule has 4 rings (SSSR count). The first-order chi connectivity index (χ1) is 21.1. The second-order valence-corrected chi connectivity index (χ2v) is 10.3. The van der Waals surface area contributed by atoms with Gasteiger partial charge in [0.1, 0.15) is 12.5 Å². The monoisotopic (exact) mass is 608 g/mol. The van der Waals surface area contributed by atoms with Gasteiger partial charge in [-0.2, -0.15) is 0 Å². The highest BCUT2D eigenvalue weighted by atomic mass is 16.5. The highest BCUT2D eigenvalue weighted by Gasteiger charge is 2.39. The third-order valence-electron chi connectivity index (χ3n) is 7.05. The van der Waals surface area contributed by atoms with Gasteiger partial charge in [-0.25, -0.2) is 0 Å². The van der Waals surface area contributed by atoms with Gasteiger partial charge < -0.3 is 19.7 Å². The van der Waals surface area contributed by atoms with Gasteiger partial charge in [-0.05, 0) is 57.0 Å². The number of nitrogens with zero attached hydrogens (tertiary/aromatic N) is 1. The van der Waals surface area contributed by atoms with Gasteiger partial charge in [-0.15, -0.1) is 13.2 Å². The Bertz CT molecular complexity index is 1010. The van der Waals surface area contributed by atoms with Crippen molar-refractivity contribution in [3.63, 3.8) is 0 Å². The highest BCUT2D eigenvalue weighted by molar-refractivity contribution is 5.99. The summed E-state index contributed by atoms with van der Waals surface area (Å²) in [5, 5.41) is 3.25. The van der Waals surface area contributed by atoms with E-state index in [2.05, 4.69) is 90.5 Å². The normalized spacial score (nSPS) is 14.0. The maximum Gasteiger partial charge on any atom is 0.258 e. The number of nitrogens with one attached hydrogen (secondary N) is 1. The fourth-order valence-corrected chi connectivity index (χ4v) is 4.67. The van der Waals surface area contributed by atoms with E-state index in [0.717, 1.165) is 29.3 Å². The molecule has 1 heterocycles. The molecule has 0 radical (unpaired) electrons. The molecule has 2 aromatic rings. The molecule has 0 spiro atoms. The van der Waals surface area contributed by atoms with Crippen molar-refractivity contribution in [1.29, 1.82) is 0 Å². The predicted molar refractivity (Wildman–Crippen MR) is 194 cm³/mol. The summed E-state index contributed by atoms with van der Waals surface area (Å²) in [6, 6.07) is 14.9. The zero-order valence-corrected chi connectivity index (χ0v) is 29.9. The summed E-state index contributed by atoms with van der Waals surface area (Å²) in [6.45, 7) is 35.0. The third-order valence-corrected chi connectivity index (χ3v) is 7.05. The average molecular weight is 609 g/mol. The fraction of sp³-hybridized carbons (Fsp3) is 0.487. The van der Waals surface area contributed by atoms with Crippen molar-refractivity contribution in [3.8, 4) is 5.75 Å². The summed E-state index contributed by atoms with van der Waals surface area (Å²) in [7, 11) is 1.61. The number of hydrogen-bond acceptors (Lipinski definition) is 4. The first-order valence-corrected chi connectivity index (χ1v) is 16.0. The number of rotatable bonds is 5. The smallest absolute Gasteiger partial charge is 0.258 e. The molecule has 1 fully saturated rings. The molecule has 0 unspecified atom stereocenters. The Morgan fingerprint density at radius 3 is 1.82 bits per heavy atom. The highest BCUT2D eigenvalue weighted by Crippen LogP contribution is 2.41. The van der Waals surface area contributed by atoms with Gasteiger partial charge in [0.25, 0.3) is 5.91 Å². The van der Waals surface area contributed by atoms with E-state index < -0.39 is 0 Å². The standard InChI is InChI=1S/C16H21NO2.C8H15N.C8H10.2C2H6.C2H4.CH2O/c1-6-9-17-11(2)16(3,4)14-8-7-12(19-5)10-13(14)15(17)18;1-2-9-8-6-4-3-5-7-8;1-7-3-5-8(2)6-4-7;4*1-2/h7-8,10H,2,6,9H2,1,3-5H3;2,8-9H,1,3-7H2;3-6H,1-2H3;2*1-2H3;1-2H2;1H2. The molecule has 2 aromatic carbocycles. The number of methoxy groups -OCH3 is 1. The molecule has 0 atom stereocenters. The molecule has 248 valence electrons. The topological polar surface area (TPSA) is 58.6 Å². The number of aryl methyl sites for hydroxylation is 2. The lowest BCUT2D eigenvalue weighted by Gasteiger charge is -2.41.